The molecule has 6 heteroatoms. The zero-order valence-corrected chi connectivity index (χ0v) is 8.94. The molecule has 0 radical (unpaired) electrons. The van der Waals surface area contributed by atoms with Crippen molar-refractivity contribution in [2.75, 3.05) is 41.4 Å². The molecule has 0 spiro atoms. The molecular weight excluding hydrogens is 188 g/mol. The molecule has 0 atom stereocenters. The lowest BCUT2D eigenvalue weighted by Gasteiger charge is -2.20. The molecule has 0 aromatic heterocycles. The van der Waals surface area contributed by atoms with Crippen LogP contribution in [0.2, 0.25) is 0 Å². The molecule has 0 N–H and O–H groups in total. The molecule has 0 aromatic carbocycles. The topological polar surface area (TPSA) is 59.1 Å². The van der Waals surface area contributed by atoms with E-state index in [4.69, 9.17) is 0 Å². The largest absolute Gasteiger partial charge is 0.453 e. The summed E-state index contributed by atoms with van der Waals surface area (Å²) in [6.45, 7) is 0.802. The maximum absolute atomic E-state index is 10.9. The minimum absolute atomic E-state index is 0.401. The first-order chi connectivity index (χ1) is 6.52. The van der Waals surface area contributed by atoms with Crippen LogP contribution in [0, 0.1) is 0 Å². The quantitative estimate of drug-likeness (QED) is 0.667. The van der Waals surface area contributed by atoms with Crippen LogP contribution in [0.1, 0.15) is 0 Å². The molecule has 0 bridgehead atoms. The molecule has 0 saturated heterocycles. The van der Waals surface area contributed by atoms with Crippen molar-refractivity contribution in [3.8, 4) is 0 Å². The SMILES string of the molecule is COC(=O)N(C)CCN(C)C(=O)OC. The van der Waals surface area contributed by atoms with Crippen molar-refractivity contribution in [1.29, 1.82) is 0 Å². The number of methoxy groups -OCH3 is 2. The molecule has 6 nitrogen and oxygen atoms in total. The van der Waals surface area contributed by atoms with E-state index in [0.29, 0.717) is 13.1 Å². The third-order valence-electron chi connectivity index (χ3n) is 1.74. The zero-order valence-electron chi connectivity index (χ0n) is 8.94. The number of likely N-dealkylation sites (N-methyl/N-ethyl adjacent to an activating group) is 2. The lowest BCUT2D eigenvalue weighted by molar-refractivity contribution is 0.116. The van der Waals surface area contributed by atoms with Crippen LogP contribution in [0.25, 0.3) is 0 Å². The van der Waals surface area contributed by atoms with Crippen LogP contribution in [0.4, 0.5) is 9.59 Å². The predicted octanol–water partition coefficient (Wildman–Crippen LogP) is 0.383. The van der Waals surface area contributed by atoms with Gasteiger partial charge >= 0.3 is 12.2 Å². The van der Waals surface area contributed by atoms with Crippen LogP contribution >= 0.6 is 0 Å². The van der Waals surface area contributed by atoms with Gasteiger partial charge in [0.1, 0.15) is 0 Å². The van der Waals surface area contributed by atoms with E-state index in [1.807, 2.05) is 0 Å². The first-order valence-electron chi connectivity index (χ1n) is 4.11. The van der Waals surface area contributed by atoms with Gasteiger partial charge in [0.15, 0.2) is 0 Å². The highest BCUT2D eigenvalue weighted by atomic mass is 16.5. The Balaban J connectivity index is 3.82. The summed E-state index contributed by atoms with van der Waals surface area (Å²) >= 11 is 0. The van der Waals surface area contributed by atoms with Crippen molar-refractivity contribution in [1.82, 2.24) is 9.80 Å². The highest BCUT2D eigenvalue weighted by Gasteiger charge is 2.12. The van der Waals surface area contributed by atoms with Gasteiger partial charge in [-0.15, -0.1) is 0 Å². The molecule has 0 saturated carbocycles. The Morgan fingerprint density at radius 1 is 0.929 bits per heavy atom. The standard InChI is InChI=1S/C8H16N2O4/c1-9(7(11)13-3)5-6-10(2)8(12)14-4/h5-6H2,1-4H3. The normalized spacial score (nSPS) is 9.14. The molecule has 0 unspecified atom stereocenters. The number of ether oxygens (including phenoxy) is 2. The summed E-state index contributed by atoms with van der Waals surface area (Å²) in [4.78, 5) is 24.6. The van der Waals surface area contributed by atoms with E-state index < -0.39 is 12.2 Å². The monoisotopic (exact) mass is 204 g/mol. The van der Waals surface area contributed by atoms with Gasteiger partial charge in [0.25, 0.3) is 0 Å². The summed E-state index contributed by atoms with van der Waals surface area (Å²) in [7, 11) is 5.81. The Hall–Kier alpha value is -1.46. The Morgan fingerprint density at radius 2 is 1.21 bits per heavy atom. The fourth-order valence-electron chi connectivity index (χ4n) is 0.794. The van der Waals surface area contributed by atoms with Gasteiger partial charge in [0.05, 0.1) is 14.2 Å². The maximum Gasteiger partial charge on any atom is 0.409 e. The van der Waals surface area contributed by atoms with Crippen LogP contribution in [-0.2, 0) is 9.47 Å². The van der Waals surface area contributed by atoms with E-state index >= 15 is 0 Å². The molecule has 14 heavy (non-hydrogen) atoms. The van der Waals surface area contributed by atoms with Gasteiger partial charge in [-0.2, -0.15) is 0 Å². The average Bonchev–Trinajstić information content (AvgIpc) is 2.22. The van der Waals surface area contributed by atoms with Gasteiger partial charge in [0.2, 0.25) is 0 Å². The molecule has 82 valence electrons. The van der Waals surface area contributed by atoms with E-state index in [1.165, 1.54) is 24.0 Å². The van der Waals surface area contributed by atoms with Gasteiger partial charge in [-0.25, -0.2) is 9.59 Å². The molecule has 0 aromatic rings. The van der Waals surface area contributed by atoms with Gasteiger partial charge in [-0.05, 0) is 0 Å². The molecule has 0 rings (SSSR count). The summed E-state index contributed by atoms with van der Waals surface area (Å²) < 4.78 is 8.97. The molecule has 0 fully saturated rings. The van der Waals surface area contributed by atoms with Crippen molar-refractivity contribution in [2.24, 2.45) is 0 Å². The summed E-state index contributed by atoms with van der Waals surface area (Å²) in [6.07, 6.45) is -0.855. The number of carbonyl (C=O) groups excluding carboxylic acids is 2. The van der Waals surface area contributed by atoms with E-state index in [2.05, 4.69) is 9.47 Å². The first-order valence-corrected chi connectivity index (χ1v) is 4.11. The smallest absolute Gasteiger partial charge is 0.409 e. The number of hydrogen-bond acceptors (Lipinski definition) is 4. The van der Waals surface area contributed by atoms with Crippen molar-refractivity contribution in [2.45, 2.75) is 0 Å². The summed E-state index contributed by atoms with van der Waals surface area (Å²) in [5.74, 6) is 0. The highest BCUT2D eigenvalue weighted by Crippen LogP contribution is 1.92. The van der Waals surface area contributed by atoms with Crippen LogP contribution in [0.3, 0.4) is 0 Å². The summed E-state index contributed by atoms with van der Waals surface area (Å²) in [5.41, 5.74) is 0. The second-order valence-electron chi connectivity index (χ2n) is 2.78. The van der Waals surface area contributed by atoms with Gasteiger partial charge in [-0.1, -0.05) is 0 Å². The lowest BCUT2D eigenvalue weighted by Crippen LogP contribution is -2.37. The van der Waals surface area contributed by atoms with Crippen molar-refractivity contribution < 1.29 is 19.1 Å². The van der Waals surface area contributed by atoms with Crippen molar-refractivity contribution in [3.05, 3.63) is 0 Å². The number of amides is 2. The Morgan fingerprint density at radius 3 is 1.43 bits per heavy atom. The van der Waals surface area contributed by atoms with Gasteiger partial charge < -0.3 is 19.3 Å². The molecule has 0 aliphatic carbocycles. The lowest BCUT2D eigenvalue weighted by atomic mass is 10.5. The fraction of sp³-hybridized carbons (Fsp3) is 0.750. The minimum atomic E-state index is -0.428. The summed E-state index contributed by atoms with van der Waals surface area (Å²) in [5, 5.41) is 0. The van der Waals surface area contributed by atoms with Crippen LogP contribution in [-0.4, -0.2) is 63.4 Å². The second-order valence-corrected chi connectivity index (χ2v) is 2.78. The number of rotatable bonds is 3. The molecule has 0 heterocycles. The third kappa shape index (κ3) is 3.97. The maximum atomic E-state index is 10.9. The van der Waals surface area contributed by atoms with Crippen molar-refractivity contribution >= 4 is 12.2 Å². The highest BCUT2D eigenvalue weighted by molar-refractivity contribution is 5.68. The summed E-state index contributed by atoms with van der Waals surface area (Å²) in [6, 6.07) is 0. The van der Waals surface area contributed by atoms with Crippen LogP contribution in [0.5, 0.6) is 0 Å². The molecule has 0 aliphatic heterocycles. The van der Waals surface area contributed by atoms with E-state index in [-0.39, 0.29) is 0 Å². The van der Waals surface area contributed by atoms with E-state index in [9.17, 15) is 9.59 Å². The first kappa shape index (κ1) is 12.5. The number of hydrogen-bond donors (Lipinski definition) is 0. The molecule has 0 aliphatic rings. The Labute approximate surface area is 83.4 Å². The van der Waals surface area contributed by atoms with Gasteiger partial charge in [-0.3, -0.25) is 0 Å². The van der Waals surface area contributed by atoms with Gasteiger partial charge in [0, 0.05) is 27.2 Å². The molecule has 2 amide bonds. The number of carbonyl (C=O) groups is 2. The number of nitrogens with zero attached hydrogens (tertiary/aromatic N) is 2. The van der Waals surface area contributed by atoms with E-state index in [1.54, 1.807) is 14.1 Å². The average molecular weight is 204 g/mol. The van der Waals surface area contributed by atoms with Crippen molar-refractivity contribution in [3.63, 3.8) is 0 Å². The minimum Gasteiger partial charge on any atom is -0.453 e. The third-order valence-corrected chi connectivity index (χ3v) is 1.74. The second kappa shape index (κ2) is 6.06. The predicted molar refractivity (Wildman–Crippen MR) is 50.1 cm³/mol. The molecular formula is C8H16N2O4. The fourth-order valence-corrected chi connectivity index (χ4v) is 0.794. The van der Waals surface area contributed by atoms with E-state index in [0.717, 1.165) is 0 Å². The Kier molecular flexibility index (Phi) is 5.43. The zero-order chi connectivity index (χ0) is 11.1. The van der Waals surface area contributed by atoms with Crippen LogP contribution < -0.4 is 0 Å². The van der Waals surface area contributed by atoms with Crippen LogP contribution in [0.15, 0.2) is 0 Å². The Bertz CT molecular complexity index is 186.